The minimum atomic E-state index is 0.303. The third-order valence-corrected chi connectivity index (χ3v) is 0.682. The second kappa shape index (κ2) is 4.42. The van der Waals surface area contributed by atoms with Gasteiger partial charge in [-0.05, 0) is 0 Å². The van der Waals surface area contributed by atoms with Crippen LogP contribution in [0.1, 0.15) is 0 Å². The van der Waals surface area contributed by atoms with Crippen molar-refractivity contribution in [3.05, 3.63) is 11.9 Å². The average molecular weight is 117 g/mol. The standard InChI is InChI=1S/C4H11N3O/c1-6-3-4(2-5)7-8/h3,6-8H,2,5H2,1H3/b4-3+. The predicted molar refractivity (Wildman–Crippen MR) is 31.1 cm³/mol. The van der Waals surface area contributed by atoms with Crippen LogP contribution >= 0.6 is 0 Å². The van der Waals surface area contributed by atoms with E-state index < -0.39 is 0 Å². The maximum atomic E-state index is 8.22. The predicted octanol–water partition coefficient (Wildman–Crippen LogP) is -1.02. The maximum Gasteiger partial charge on any atom is 0.0668 e. The molecule has 0 radical (unpaired) electrons. The van der Waals surface area contributed by atoms with Crippen molar-refractivity contribution in [2.75, 3.05) is 13.6 Å². The smallest absolute Gasteiger partial charge is 0.0668 e. The summed E-state index contributed by atoms with van der Waals surface area (Å²) in [6.45, 7) is 0.303. The largest absolute Gasteiger partial charge is 0.392 e. The van der Waals surface area contributed by atoms with Gasteiger partial charge in [0.05, 0.1) is 5.70 Å². The van der Waals surface area contributed by atoms with E-state index in [9.17, 15) is 0 Å². The SMILES string of the molecule is CN/C=C(\CN)NO. The molecular weight excluding hydrogens is 106 g/mol. The van der Waals surface area contributed by atoms with Gasteiger partial charge in [-0.2, -0.15) is 0 Å². The number of rotatable bonds is 3. The van der Waals surface area contributed by atoms with Gasteiger partial charge in [-0.25, -0.2) is 0 Å². The summed E-state index contributed by atoms with van der Waals surface area (Å²) in [5, 5.41) is 10.9. The van der Waals surface area contributed by atoms with Crippen molar-refractivity contribution in [3.63, 3.8) is 0 Å². The molecule has 0 saturated carbocycles. The highest BCUT2D eigenvalue weighted by Crippen LogP contribution is 1.75. The van der Waals surface area contributed by atoms with Gasteiger partial charge in [-0.1, -0.05) is 0 Å². The van der Waals surface area contributed by atoms with E-state index in [1.54, 1.807) is 13.2 Å². The molecule has 0 saturated heterocycles. The fraction of sp³-hybridized carbons (Fsp3) is 0.500. The minimum Gasteiger partial charge on any atom is -0.392 e. The molecule has 0 rings (SSSR count). The van der Waals surface area contributed by atoms with Gasteiger partial charge in [0.15, 0.2) is 0 Å². The first kappa shape index (κ1) is 7.26. The van der Waals surface area contributed by atoms with E-state index in [-0.39, 0.29) is 0 Å². The van der Waals surface area contributed by atoms with Crippen LogP contribution in [0.3, 0.4) is 0 Å². The fourth-order valence-electron chi connectivity index (χ4n) is 0.311. The van der Waals surface area contributed by atoms with Crippen molar-refractivity contribution < 1.29 is 5.21 Å². The number of hydroxylamine groups is 1. The summed E-state index contributed by atoms with van der Waals surface area (Å²) in [4.78, 5) is 0. The minimum absolute atomic E-state index is 0.303. The van der Waals surface area contributed by atoms with Gasteiger partial charge in [0.25, 0.3) is 0 Å². The van der Waals surface area contributed by atoms with Crippen molar-refractivity contribution >= 4 is 0 Å². The number of nitrogens with two attached hydrogens (primary N) is 1. The molecule has 0 aromatic carbocycles. The molecule has 0 aromatic heterocycles. The number of nitrogens with one attached hydrogen (secondary N) is 2. The van der Waals surface area contributed by atoms with E-state index in [0.717, 1.165) is 0 Å². The van der Waals surface area contributed by atoms with E-state index in [0.29, 0.717) is 12.2 Å². The molecule has 0 aliphatic carbocycles. The van der Waals surface area contributed by atoms with E-state index in [1.807, 2.05) is 5.48 Å². The van der Waals surface area contributed by atoms with Gasteiger partial charge < -0.3 is 11.1 Å². The summed E-state index contributed by atoms with van der Waals surface area (Å²) in [5.74, 6) is 0. The van der Waals surface area contributed by atoms with E-state index >= 15 is 0 Å². The lowest BCUT2D eigenvalue weighted by Gasteiger charge is -1.98. The quantitative estimate of drug-likeness (QED) is 0.357. The normalized spacial score (nSPS) is 11.1. The zero-order valence-corrected chi connectivity index (χ0v) is 4.81. The lowest BCUT2D eigenvalue weighted by molar-refractivity contribution is 0.198. The van der Waals surface area contributed by atoms with E-state index in [2.05, 4.69) is 5.32 Å². The second-order valence-corrected chi connectivity index (χ2v) is 1.27. The lowest BCUT2D eigenvalue weighted by Crippen LogP contribution is -2.18. The van der Waals surface area contributed by atoms with Crippen LogP contribution in [0.5, 0.6) is 0 Å². The highest BCUT2D eigenvalue weighted by atomic mass is 16.5. The van der Waals surface area contributed by atoms with Gasteiger partial charge in [-0.15, -0.1) is 0 Å². The molecule has 0 unspecified atom stereocenters. The average Bonchev–Trinajstić information content (AvgIpc) is 1.83. The van der Waals surface area contributed by atoms with E-state index in [1.165, 1.54) is 0 Å². The molecule has 0 aliphatic rings. The third kappa shape index (κ3) is 2.44. The van der Waals surface area contributed by atoms with Gasteiger partial charge in [0.2, 0.25) is 0 Å². The first-order chi connectivity index (χ1) is 3.85. The first-order valence-electron chi connectivity index (χ1n) is 2.31. The Hall–Kier alpha value is -0.740. The van der Waals surface area contributed by atoms with Crippen molar-refractivity contribution in [2.45, 2.75) is 0 Å². The topological polar surface area (TPSA) is 70.3 Å². The Morgan fingerprint density at radius 3 is 2.62 bits per heavy atom. The molecule has 48 valence electrons. The molecule has 5 N–H and O–H groups in total. The van der Waals surface area contributed by atoms with Crippen LogP contribution in [0, 0.1) is 0 Å². The van der Waals surface area contributed by atoms with Crippen molar-refractivity contribution in [2.24, 2.45) is 5.73 Å². The van der Waals surface area contributed by atoms with Crippen LogP contribution in [-0.2, 0) is 0 Å². The van der Waals surface area contributed by atoms with Gasteiger partial charge >= 0.3 is 0 Å². The molecule has 4 nitrogen and oxygen atoms in total. The molecule has 0 spiro atoms. The van der Waals surface area contributed by atoms with Crippen LogP contribution in [-0.4, -0.2) is 18.8 Å². The zero-order chi connectivity index (χ0) is 6.41. The Balaban J connectivity index is 3.49. The maximum absolute atomic E-state index is 8.22. The van der Waals surface area contributed by atoms with Crippen LogP contribution in [0.2, 0.25) is 0 Å². The number of hydrogen-bond donors (Lipinski definition) is 4. The van der Waals surface area contributed by atoms with E-state index in [4.69, 9.17) is 10.9 Å². The zero-order valence-electron chi connectivity index (χ0n) is 4.81. The van der Waals surface area contributed by atoms with Crippen molar-refractivity contribution in [1.82, 2.24) is 10.8 Å². The van der Waals surface area contributed by atoms with Crippen LogP contribution in [0.4, 0.5) is 0 Å². The second-order valence-electron chi connectivity index (χ2n) is 1.27. The highest BCUT2D eigenvalue weighted by Gasteiger charge is 1.84. The van der Waals surface area contributed by atoms with Gasteiger partial charge in [0, 0.05) is 19.8 Å². The molecule has 0 aliphatic heterocycles. The Morgan fingerprint density at radius 2 is 2.50 bits per heavy atom. The highest BCUT2D eigenvalue weighted by molar-refractivity contribution is 4.95. The summed E-state index contributed by atoms with van der Waals surface area (Å²) in [7, 11) is 1.73. The van der Waals surface area contributed by atoms with Crippen molar-refractivity contribution in [3.8, 4) is 0 Å². The monoisotopic (exact) mass is 117 g/mol. The molecule has 0 amide bonds. The van der Waals surface area contributed by atoms with Crippen LogP contribution in [0.15, 0.2) is 11.9 Å². The van der Waals surface area contributed by atoms with Crippen LogP contribution in [0.25, 0.3) is 0 Å². The summed E-state index contributed by atoms with van der Waals surface area (Å²) < 4.78 is 0. The summed E-state index contributed by atoms with van der Waals surface area (Å²) >= 11 is 0. The Morgan fingerprint density at radius 1 is 1.88 bits per heavy atom. The van der Waals surface area contributed by atoms with Gasteiger partial charge in [-0.3, -0.25) is 10.7 Å². The first-order valence-corrected chi connectivity index (χ1v) is 2.31. The Bertz CT molecular complexity index is 75.4. The summed E-state index contributed by atoms with van der Waals surface area (Å²) in [6, 6.07) is 0. The molecule has 0 atom stereocenters. The van der Waals surface area contributed by atoms with Crippen molar-refractivity contribution in [1.29, 1.82) is 0 Å². The molecular formula is C4H11N3O. The fourth-order valence-corrected chi connectivity index (χ4v) is 0.311. The lowest BCUT2D eigenvalue weighted by atomic mass is 10.5. The van der Waals surface area contributed by atoms with Gasteiger partial charge in [0.1, 0.15) is 0 Å². The third-order valence-electron chi connectivity index (χ3n) is 0.682. The van der Waals surface area contributed by atoms with Crippen LogP contribution < -0.4 is 16.5 Å². The molecule has 0 fully saturated rings. The molecule has 8 heavy (non-hydrogen) atoms. The summed E-state index contributed by atoms with van der Waals surface area (Å²) in [5.41, 5.74) is 7.63. The Kier molecular flexibility index (Phi) is 4.01. The Labute approximate surface area is 48.3 Å². The summed E-state index contributed by atoms with van der Waals surface area (Å²) in [6.07, 6.45) is 1.58. The molecule has 4 heteroatoms. The molecule has 0 aromatic rings. The number of hydrogen-bond acceptors (Lipinski definition) is 4. The molecule has 0 heterocycles. The molecule has 0 bridgehead atoms.